The van der Waals surface area contributed by atoms with Crippen molar-refractivity contribution in [3.63, 3.8) is 0 Å². The summed E-state index contributed by atoms with van der Waals surface area (Å²) >= 11 is 0. The van der Waals surface area contributed by atoms with Gasteiger partial charge >= 0.3 is 0 Å². The van der Waals surface area contributed by atoms with Gasteiger partial charge in [-0.2, -0.15) is 4.68 Å². The lowest BCUT2D eigenvalue weighted by Crippen LogP contribution is -2.50. The van der Waals surface area contributed by atoms with Gasteiger partial charge in [0.2, 0.25) is 0 Å². The Balaban J connectivity index is 1.78. The van der Waals surface area contributed by atoms with Crippen LogP contribution >= 0.6 is 0 Å². The highest BCUT2D eigenvalue weighted by molar-refractivity contribution is 5.92. The van der Waals surface area contributed by atoms with Crippen LogP contribution in [0.15, 0.2) is 29.3 Å². The summed E-state index contributed by atoms with van der Waals surface area (Å²) in [7, 11) is 1.67. The zero-order chi connectivity index (χ0) is 17.4. The number of ether oxygens (including phenoxy) is 1. The first kappa shape index (κ1) is 16.2. The third-order valence-corrected chi connectivity index (χ3v) is 5.01. The Morgan fingerprint density at radius 3 is 2.80 bits per heavy atom. The molecule has 2 aliphatic heterocycles. The summed E-state index contributed by atoms with van der Waals surface area (Å²) in [6, 6.07) is 8.35. The molecule has 4 rings (SSSR count). The van der Waals surface area contributed by atoms with E-state index in [2.05, 4.69) is 34.3 Å². The number of fused-ring (bicyclic) bond motifs is 3. The molecule has 0 radical (unpaired) electrons. The number of hydrogen-bond acceptors (Lipinski definition) is 6. The van der Waals surface area contributed by atoms with Crippen molar-refractivity contribution in [2.75, 3.05) is 13.7 Å². The monoisotopic (exact) mass is 340 g/mol. The van der Waals surface area contributed by atoms with Crippen LogP contribution in [0.5, 0.6) is 5.75 Å². The average Bonchev–Trinajstić information content (AvgIpc) is 3.26. The summed E-state index contributed by atoms with van der Waals surface area (Å²) in [5.74, 6) is 3.25. The van der Waals surface area contributed by atoms with E-state index in [9.17, 15) is 0 Å². The van der Waals surface area contributed by atoms with Gasteiger partial charge in [0.25, 0.3) is 0 Å². The third kappa shape index (κ3) is 2.93. The highest BCUT2D eigenvalue weighted by atomic mass is 16.5. The van der Waals surface area contributed by atoms with Crippen molar-refractivity contribution >= 4 is 11.5 Å². The topological polar surface area (TPSA) is 68.4 Å². The lowest BCUT2D eigenvalue weighted by Gasteiger charge is -2.38. The van der Waals surface area contributed by atoms with Crippen molar-refractivity contribution in [1.82, 2.24) is 25.1 Å². The quantitative estimate of drug-likeness (QED) is 0.856. The van der Waals surface area contributed by atoms with Crippen LogP contribution in [0, 0.1) is 5.92 Å². The van der Waals surface area contributed by atoms with Crippen LogP contribution in [0.25, 0.3) is 0 Å². The van der Waals surface area contributed by atoms with Gasteiger partial charge in [-0.3, -0.25) is 4.90 Å². The van der Waals surface area contributed by atoms with E-state index in [-0.39, 0.29) is 6.04 Å². The van der Waals surface area contributed by atoms with E-state index in [4.69, 9.17) is 9.73 Å². The van der Waals surface area contributed by atoms with E-state index in [0.29, 0.717) is 12.0 Å². The maximum atomic E-state index is 5.24. The molecule has 0 spiro atoms. The molecule has 1 aromatic heterocycles. The van der Waals surface area contributed by atoms with Crippen LogP contribution in [-0.4, -0.2) is 50.6 Å². The molecular formula is C18H24N6O. The smallest absolute Gasteiger partial charge is 0.175 e. The molecule has 0 bridgehead atoms. The number of rotatable bonds is 4. The number of methoxy groups -OCH3 is 1. The first-order valence-corrected chi connectivity index (χ1v) is 8.94. The summed E-state index contributed by atoms with van der Waals surface area (Å²) in [5, 5.41) is 12.5. The number of tetrazole rings is 1. The van der Waals surface area contributed by atoms with Crippen LogP contribution in [0.1, 0.15) is 45.0 Å². The minimum atomic E-state index is 0.241. The Hall–Kier alpha value is -2.28. The number of nitrogens with zero attached hydrogens (tertiary/aromatic N) is 6. The van der Waals surface area contributed by atoms with Crippen LogP contribution < -0.4 is 4.74 Å². The van der Waals surface area contributed by atoms with Gasteiger partial charge in [-0.15, -0.1) is 5.10 Å². The molecule has 132 valence electrons. The highest BCUT2D eigenvalue weighted by Crippen LogP contribution is 2.38. The molecule has 1 aromatic carbocycles. The lowest BCUT2D eigenvalue weighted by atomic mass is 9.98. The van der Waals surface area contributed by atoms with Crippen molar-refractivity contribution in [2.45, 2.75) is 45.2 Å². The standard InChI is InChI=1S/C18H24N6O/c1-12(2)11-16-17(19-13-6-8-14(25-3)9-7-13)24-18(20-21-22-24)15-5-4-10-23(15)16/h6-9,12,15-16H,4-5,10-11H2,1-3H3/t15-,16-/m0/s1. The normalized spacial score (nSPS) is 24.6. The number of aliphatic imine (C=N–C) groups is 1. The van der Waals surface area contributed by atoms with Crippen LogP contribution in [0.3, 0.4) is 0 Å². The van der Waals surface area contributed by atoms with Gasteiger partial charge in [0.15, 0.2) is 11.7 Å². The molecule has 1 saturated heterocycles. The number of benzene rings is 1. The molecule has 0 N–H and O–H groups in total. The zero-order valence-corrected chi connectivity index (χ0v) is 15.0. The van der Waals surface area contributed by atoms with E-state index >= 15 is 0 Å². The first-order chi connectivity index (χ1) is 12.2. The van der Waals surface area contributed by atoms with E-state index < -0.39 is 0 Å². The highest BCUT2D eigenvalue weighted by Gasteiger charge is 2.43. The summed E-state index contributed by atoms with van der Waals surface area (Å²) in [6.07, 6.45) is 3.34. The Labute approximate surface area is 147 Å². The van der Waals surface area contributed by atoms with E-state index in [1.807, 2.05) is 28.9 Å². The lowest BCUT2D eigenvalue weighted by molar-refractivity contribution is 0.178. The van der Waals surface area contributed by atoms with Gasteiger partial charge in [-0.1, -0.05) is 13.8 Å². The Morgan fingerprint density at radius 2 is 2.08 bits per heavy atom. The Bertz CT molecular complexity index is 766. The van der Waals surface area contributed by atoms with Crippen LogP contribution in [0.2, 0.25) is 0 Å². The van der Waals surface area contributed by atoms with Gasteiger partial charge in [0.1, 0.15) is 5.75 Å². The molecular weight excluding hydrogens is 316 g/mol. The second-order valence-corrected chi connectivity index (χ2v) is 7.16. The fourth-order valence-corrected chi connectivity index (χ4v) is 3.89. The zero-order valence-electron chi connectivity index (χ0n) is 15.0. The number of aromatic nitrogens is 4. The predicted molar refractivity (Wildman–Crippen MR) is 95.2 cm³/mol. The summed E-state index contributed by atoms with van der Waals surface area (Å²) in [4.78, 5) is 7.48. The van der Waals surface area contributed by atoms with Crippen LogP contribution in [0.4, 0.5) is 5.69 Å². The third-order valence-electron chi connectivity index (χ3n) is 5.01. The predicted octanol–water partition coefficient (Wildman–Crippen LogP) is 2.83. The largest absolute Gasteiger partial charge is 0.497 e. The number of hydrogen-bond donors (Lipinski definition) is 0. The molecule has 7 heteroatoms. The fraction of sp³-hybridized carbons (Fsp3) is 0.556. The first-order valence-electron chi connectivity index (χ1n) is 8.94. The van der Waals surface area contributed by atoms with E-state index in [0.717, 1.165) is 42.5 Å². The second-order valence-electron chi connectivity index (χ2n) is 7.16. The Morgan fingerprint density at radius 1 is 1.28 bits per heavy atom. The Kier molecular flexibility index (Phi) is 4.25. The minimum absolute atomic E-state index is 0.241. The molecule has 2 aromatic rings. The second kappa shape index (κ2) is 6.55. The van der Waals surface area contributed by atoms with Crippen molar-refractivity contribution in [3.8, 4) is 5.75 Å². The SMILES string of the molecule is COc1ccc(N=C2[C@H](CC(C)C)N3CCC[C@H]3c3nnnn32)cc1. The molecule has 0 aliphatic carbocycles. The van der Waals surface area contributed by atoms with Gasteiger partial charge in [0, 0.05) is 0 Å². The van der Waals surface area contributed by atoms with Gasteiger partial charge in [0.05, 0.1) is 24.9 Å². The molecule has 2 aliphatic rings. The van der Waals surface area contributed by atoms with E-state index in [1.54, 1.807) is 7.11 Å². The average molecular weight is 340 g/mol. The van der Waals surface area contributed by atoms with Crippen molar-refractivity contribution in [2.24, 2.45) is 10.9 Å². The maximum absolute atomic E-state index is 5.24. The summed E-state index contributed by atoms with van der Waals surface area (Å²) in [6.45, 7) is 5.59. The van der Waals surface area contributed by atoms with Crippen molar-refractivity contribution in [1.29, 1.82) is 0 Å². The van der Waals surface area contributed by atoms with Crippen molar-refractivity contribution in [3.05, 3.63) is 30.1 Å². The molecule has 0 amide bonds. The molecule has 2 atom stereocenters. The molecule has 7 nitrogen and oxygen atoms in total. The minimum Gasteiger partial charge on any atom is -0.497 e. The molecule has 1 fully saturated rings. The fourth-order valence-electron chi connectivity index (χ4n) is 3.89. The van der Waals surface area contributed by atoms with Gasteiger partial charge < -0.3 is 4.74 Å². The summed E-state index contributed by atoms with van der Waals surface area (Å²) < 4.78 is 7.10. The molecule has 0 unspecified atom stereocenters. The summed E-state index contributed by atoms with van der Waals surface area (Å²) in [5.41, 5.74) is 0.892. The van der Waals surface area contributed by atoms with Crippen LogP contribution in [-0.2, 0) is 0 Å². The van der Waals surface area contributed by atoms with Crippen molar-refractivity contribution < 1.29 is 4.74 Å². The van der Waals surface area contributed by atoms with Gasteiger partial charge in [-0.05, 0) is 66.4 Å². The molecule has 3 heterocycles. The van der Waals surface area contributed by atoms with Gasteiger partial charge in [-0.25, -0.2) is 4.99 Å². The molecule has 25 heavy (non-hydrogen) atoms. The maximum Gasteiger partial charge on any atom is 0.175 e. The molecule has 0 saturated carbocycles. The van der Waals surface area contributed by atoms with E-state index in [1.165, 1.54) is 6.42 Å².